The molecule has 0 unspecified atom stereocenters. The van der Waals surface area contributed by atoms with E-state index in [2.05, 4.69) is 41.5 Å². The lowest BCUT2D eigenvalue weighted by Crippen LogP contribution is -2.04. The van der Waals surface area contributed by atoms with E-state index in [1.807, 2.05) is 54.0 Å². The summed E-state index contributed by atoms with van der Waals surface area (Å²) >= 11 is 6.02. The average Bonchev–Trinajstić information content (AvgIpc) is 3.16. The number of para-hydroxylation sites is 2. The van der Waals surface area contributed by atoms with Gasteiger partial charge in [0.05, 0.1) is 16.7 Å². The number of aryl methyl sites for hydroxylation is 2. The molecule has 0 spiro atoms. The predicted octanol–water partition coefficient (Wildman–Crippen LogP) is 6.11. The van der Waals surface area contributed by atoms with Gasteiger partial charge in [-0.15, -0.1) is 0 Å². The number of hydrogen-bond donors (Lipinski definition) is 2. The lowest BCUT2D eigenvalue weighted by Gasteiger charge is -2.10. The highest BCUT2D eigenvalue weighted by atomic mass is 35.5. The minimum absolute atomic E-state index is 0.426. The number of allylic oxidation sites excluding steroid dienone is 1. The third kappa shape index (κ3) is 4.46. The first-order chi connectivity index (χ1) is 14.6. The number of rotatable bonds is 7. The monoisotopic (exact) mass is 415 g/mol. The molecule has 0 atom stereocenters. The Balaban J connectivity index is 1.70. The maximum atomic E-state index is 8.91. The van der Waals surface area contributed by atoms with Crippen molar-refractivity contribution in [3.63, 3.8) is 0 Å². The number of nitrogens with zero attached hydrogens (tertiary/aromatic N) is 2. The van der Waals surface area contributed by atoms with Gasteiger partial charge in [0, 0.05) is 17.1 Å². The van der Waals surface area contributed by atoms with Crippen molar-refractivity contribution in [2.75, 3.05) is 0 Å². The Kier molecular flexibility index (Phi) is 5.98. The number of imidazole rings is 1. The van der Waals surface area contributed by atoms with Crippen LogP contribution >= 0.6 is 11.6 Å². The van der Waals surface area contributed by atoms with E-state index in [-0.39, 0.29) is 0 Å². The molecule has 0 aliphatic heterocycles. The fraction of sp³-hybridized carbons (Fsp3) is 0.0800. The zero-order chi connectivity index (χ0) is 20.9. The summed E-state index contributed by atoms with van der Waals surface area (Å²) in [5.41, 5.74) is 7.82. The summed E-state index contributed by atoms with van der Waals surface area (Å²) in [6, 6.07) is 24.3. The van der Waals surface area contributed by atoms with Crippen LogP contribution in [0.15, 0.2) is 91.1 Å². The predicted molar refractivity (Wildman–Crippen MR) is 123 cm³/mol. The van der Waals surface area contributed by atoms with Crippen LogP contribution in [-0.4, -0.2) is 14.8 Å². The van der Waals surface area contributed by atoms with Gasteiger partial charge in [-0.2, -0.15) is 0 Å². The highest BCUT2D eigenvalue weighted by Gasteiger charge is 2.12. The van der Waals surface area contributed by atoms with Crippen molar-refractivity contribution >= 4 is 28.7 Å². The van der Waals surface area contributed by atoms with E-state index in [4.69, 9.17) is 21.8 Å². The molecule has 3 aromatic carbocycles. The van der Waals surface area contributed by atoms with Gasteiger partial charge in [0.2, 0.25) is 0 Å². The molecule has 5 heteroatoms. The van der Waals surface area contributed by atoms with Crippen LogP contribution in [0.5, 0.6) is 0 Å². The van der Waals surface area contributed by atoms with Gasteiger partial charge in [-0.1, -0.05) is 66.7 Å². The smallest absolute Gasteiger partial charge is 0.141 e. The molecule has 0 saturated carbocycles. The summed E-state index contributed by atoms with van der Waals surface area (Å²) < 4.78 is 2.26. The summed E-state index contributed by atoms with van der Waals surface area (Å²) in [5.74, 6) is 0.930. The minimum Gasteiger partial charge on any atom is -0.324 e. The molecule has 0 fully saturated rings. The molecule has 1 aromatic heterocycles. The maximum absolute atomic E-state index is 8.91. The molecular weight excluding hydrogens is 394 g/mol. The standard InChI is InChI=1S/C25H22ClN3O/c1-18(28-30)9-10-20-5-4-6-21(17-20)25-27-23-7-2-3-8-24(23)29(25)16-15-19-11-13-22(26)14-12-19/h2-14,17,28,30H,1,15-16H2/b10-9+. The molecule has 4 nitrogen and oxygen atoms in total. The molecule has 2 N–H and O–H groups in total. The van der Waals surface area contributed by atoms with E-state index < -0.39 is 0 Å². The van der Waals surface area contributed by atoms with E-state index in [9.17, 15) is 0 Å². The van der Waals surface area contributed by atoms with Crippen LogP contribution in [-0.2, 0) is 13.0 Å². The lowest BCUT2D eigenvalue weighted by molar-refractivity contribution is 0.205. The highest BCUT2D eigenvalue weighted by molar-refractivity contribution is 6.30. The van der Waals surface area contributed by atoms with E-state index in [1.165, 1.54) is 5.56 Å². The van der Waals surface area contributed by atoms with Crippen LogP contribution in [0, 0.1) is 0 Å². The van der Waals surface area contributed by atoms with E-state index in [0.29, 0.717) is 5.70 Å². The third-order valence-electron chi connectivity index (χ3n) is 4.96. The van der Waals surface area contributed by atoms with Gasteiger partial charge in [0.25, 0.3) is 0 Å². The Morgan fingerprint density at radius 2 is 1.87 bits per heavy atom. The summed E-state index contributed by atoms with van der Waals surface area (Å²) in [5, 5.41) is 9.66. The summed E-state index contributed by atoms with van der Waals surface area (Å²) in [6.07, 6.45) is 4.50. The Morgan fingerprint density at radius 3 is 2.67 bits per heavy atom. The summed E-state index contributed by atoms with van der Waals surface area (Å²) in [4.78, 5) is 4.91. The molecule has 0 bridgehead atoms. The van der Waals surface area contributed by atoms with Crippen molar-refractivity contribution in [1.82, 2.24) is 15.0 Å². The fourth-order valence-corrected chi connectivity index (χ4v) is 3.56. The number of hydroxylamine groups is 1. The second-order valence-electron chi connectivity index (χ2n) is 7.05. The molecule has 4 rings (SSSR count). The van der Waals surface area contributed by atoms with Crippen molar-refractivity contribution in [3.8, 4) is 11.4 Å². The normalized spacial score (nSPS) is 11.3. The topological polar surface area (TPSA) is 50.1 Å². The van der Waals surface area contributed by atoms with Crippen molar-refractivity contribution in [1.29, 1.82) is 0 Å². The SMILES string of the molecule is C=C(/C=C/c1cccc(-c2nc3ccccc3n2CCc2ccc(Cl)cc2)c1)NO. The van der Waals surface area contributed by atoms with Crippen LogP contribution in [0.2, 0.25) is 5.02 Å². The molecule has 0 amide bonds. The molecule has 0 radical (unpaired) electrons. The average molecular weight is 416 g/mol. The number of hydrogen-bond acceptors (Lipinski definition) is 3. The lowest BCUT2D eigenvalue weighted by atomic mass is 10.1. The molecule has 0 aliphatic rings. The second kappa shape index (κ2) is 8.99. The van der Waals surface area contributed by atoms with Crippen LogP contribution in [0.25, 0.3) is 28.5 Å². The van der Waals surface area contributed by atoms with Gasteiger partial charge in [-0.05, 0) is 54.0 Å². The number of aromatic nitrogens is 2. The first-order valence-corrected chi connectivity index (χ1v) is 10.1. The number of nitrogens with one attached hydrogen (secondary N) is 1. The van der Waals surface area contributed by atoms with Gasteiger partial charge in [0.15, 0.2) is 0 Å². The molecule has 0 saturated heterocycles. The van der Waals surface area contributed by atoms with Crippen molar-refractivity contribution in [2.45, 2.75) is 13.0 Å². The zero-order valence-electron chi connectivity index (χ0n) is 16.4. The van der Waals surface area contributed by atoms with Gasteiger partial charge in [-0.3, -0.25) is 10.7 Å². The maximum Gasteiger partial charge on any atom is 0.141 e. The first-order valence-electron chi connectivity index (χ1n) is 9.71. The molecular formula is C25H22ClN3O. The van der Waals surface area contributed by atoms with E-state index >= 15 is 0 Å². The van der Waals surface area contributed by atoms with Crippen LogP contribution in [0.4, 0.5) is 0 Å². The minimum atomic E-state index is 0.426. The Bertz CT molecular complexity index is 1210. The third-order valence-corrected chi connectivity index (χ3v) is 5.21. The Morgan fingerprint density at radius 1 is 1.07 bits per heavy atom. The summed E-state index contributed by atoms with van der Waals surface area (Å²) in [7, 11) is 0. The first kappa shape index (κ1) is 20.0. The van der Waals surface area contributed by atoms with Gasteiger partial charge < -0.3 is 4.57 Å². The van der Waals surface area contributed by atoms with Gasteiger partial charge >= 0.3 is 0 Å². The second-order valence-corrected chi connectivity index (χ2v) is 7.48. The van der Waals surface area contributed by atoms with Gasteiger partial charge in [0.1, 0.15) is 5.82 Å². The van der Waals surface area contributed by atoms with Crippen LogP contribution < -0.4 is 5.48 Å². The highest BCUT2D eigenvalue weighted by Crippen LogP contribution is 2.26. The zero-order valence-corrected chi connectivity index (χ0v) is 17.2. The van der Waals surface area contributed by atoms with Gasteiger partial charge in [-0.25, -0.2) is 4.98 Å². The van der Waals surface area contributed by atoms with E-state index in [1.54, 1.807) is 6.08 Å². The summed E-state index contributed by atoms with van der Waals surface area (Å²) in [6.45, 7) is 4.51. The quantitative estimate of drug-likeness (QED) is 0.283. The van der Waals surface area contributed by atoms with Crippen molar-refractivity contribution in [2.24, 2.45) is 0 Å². The molecule has 150 valence electrons. The Hall–Kier alpha value is -3.34. The molecule has 0 aliphatic carbocycles. The number of benzene rings is 3. The number of fused-ring (bicyclic) bond motifs is 1. The largest absolute Gasteiger partial charge is 0.324 e. The van der Waals surface area contributed by atoms with Crippen LogP contribution in [0.1, 0.15) is 11.1 Å². The van der Waals surface area contributed by atoms with Crippen molar-refractivity contribution in [3.05, 3.63) is 107 Å². The molecule has 4 aromatic rings. The van der Waals surface area contributed by atoms with Crippen molar-refractivity contribution < 1.29 is 5.21 Å². The molecule has 30 heavy (non-hydrogen) atoms. The van der Waals surface area contributed by atoms with Crippen LogP contribution in [0.3, 0.4) is 0 Å². The molecule has 1 heterocycles. The van der Waals surface area contributed by atoms with E-state index in [0.717, 1.165) is 46.0 Å². The fourth-order valence-electron chi connectivity index (χ4n) is 3.43. The number of halogens is 1. The Labute approximate surface area is 180 Å².